The summed E-state index contributed by atoms with van der Waals surface area (Å²) >= 11 is 0. The van der Waals surface area contributed by atoms with Gasteiger partial charge in [-0.15, -0.1) is 0 Å². The molecule has 6 nitrogen and oxygen atoms in total. The standard InChI is InChI=1S/C32H55NO5/c1-20(15-21(18-34)36-6)22-16-25(35)30(5)24-8-7-23-28(2,3)26(38-27-17-33-13-14-37-27)9-10-31(23)19-32(24,31)12-11-29(22,30)4/h20-27,33-35H,7-19H2,1-6H3/t20-,21?,22?,23+,24?,25+,26?,27?,29?,30-,31?,32?/m1/s1. The number of fused-ring (bicyclic) bond motifs is 2. The zero-order valence-corrected chi connectivity index (χ0v) is 24.9. The summed E-state index contributed by atoms with van der Waals surface area (Å²) in [7, 11) is 1.71. The van der Waals surface area contributed by atoms with Crippen LogP contribution in [0, 0.1) is 50.7 Å². The molecule has 0 aromatic carbocycles. The third kappa shape index (κ3) is 3.59. The van der Waals surface area contributed by atoms with Gasteiger partial charge in [-0.1, -0.05) is 34.6 Å². The summed E-state index contributed by atoms with van der Waals surface area (Å²) in [5.41, 5.74) is 1.05. The van der Waals surface area contributed by atoms with Crippen LogP contribution in [0.25, 0.3) is 0 Å². The minimum absolute atomic E-state index is 0.0421. The van der Waals surface area contributed by atoms with Crippen molar-refractivity contribution in [1.29, 1.82) is 0 Å². The maximum Gasteiger partial charge on any atom is 0.170 e. The molecular formula is C32H55NO5. The predicted octanol–water partition coefficient (Wildman–Crippen LogP) is 4.76. The van der Waals surface area contributed by atoms with E-state index in [0.29, 0.717) is 34.5 Å². The average Bonchev–Trinajstić information content (AvgIpc) is 3.52. The van der Waals surface area contributed by atoms with E-state index in [1.165, 1.54) is 38.5 Å². The topological polar surface area (TPSA) is 80.2 Å². The molecule has 3 N–H and O–H groups in total. The van der Waals surface area contributed by atoms with Crippen LogP contribution in [0.3, 0.4) is 0 Å². The lowest BCUT2D eigenvalue weighted by Crippen LogP contribution is -2.60. The number of aliphatic hydroxyl groups is 2. The van der Waals surface area contributed by atoms with Gasteiger partial charge in [0.25, 0.3) is 0 Å². The van der Waals surface area contributed by atoms with Crippen LogP contribution in [0.1, 0.15) is 92.4 Å². The van der Waals surface area contributed by atoms with Gasteiger partial charge in [0.1, 0.15) is 0 Å². The molecule has 0 aromatic rings. The second kappa shape index (κ2) is 9.39. The number of hydrogen-bond acceptors (Lipinski definition) is 6. The Kier molecular flexibility index (Phi) is 6.89. The van der Waals surface area contributed by atoms with Crippen LogP contribution in [0.15, 0.2) is 0 Å². The Bertz CT molecular complexity index is 887. The molecule has 6 rings (SSSR count). The summed E-state index contributed by atoms with van der Waals surface area (Å²) in [5, 5.41) is 25.1. The molecule has 1 heterocycles. The van der Waals surface area contributed by atoms with E-state index in [2.05, 4.69) is 39.9 Å². The molecule has 2 spiro atoms. The van der Waals surface area contributed by atoms with E-state index in [4.69, 9.17) is 14.2 Å². The van der Waals surface area contributed by atoms with E-state index in [1.54, 1.807) is 7.11 Å². The highest BCUT2D eigenvalue weighted by Gasteiger charge is 2.83. The molecule has 12 atom stereocenters. The van der Waals surface area contributed by atoms with Crippen LogP contribution >= 0.6 is 0 Å². The molecule has 1 saturated heterocycles. The highest BCUT2D eigenvalue weighted by atomic mass is 16.7. The Morgan fingerprint density at radius 3 is 2.45 bits per heavy atom. The van der Waals surface area contributed by atoms with Gasteiger partial charge in [0.2, 0.25) is 0 Å². The highest BCUT2D eigenvalue weighted by Crippen LogP contribution is 2.89. The van der Waals surface area contributed by atoms with Crippen molar-refractivity contribution in [3.05, 3.63) is 0 Å². The molecule has 5 aliphatic carbocycles. The zero-order chi connectivity index (χ0) is 27.1. The largest absolute Gasteiger partial charge is 0.394 e. The van der Waals surface area contributed by atoms with Gasteiger partial charge >= 0.3 is 0 Å². The third-order valence-electron chi connectivity index (χ3n) is 14.3. The minimum atomic E-state index is -0.241. The maximum atomic E-state index is 11.9. The first-order valence-corrected chi connectivity index (χ1v) is 15.8. The average molecular weight is 534 g/mol. The molecule has 218 valence electrons. The van der Waals surface area contributed by atoms with E-state index in [1.807, 2.05) is 0 Å². The number of aliphatic hydroxyl groups excluding tert-OH is 2. The molecular weight excluding hydrogens is 478 g/mol. The molecule has 0 radical (unpaired) electrons. The smallest absolute Gasteiger partial charge is 0.170 e. The van der Waals surface area contributed by atoms with Crippen molar-refractivity contribution >= 4 is 0 Å². The zero-order valence-electron chi connectivity index (χ0n) is 24.9. The van der Waals surface area contributed by atoms with Crippen LogP contribution in [-0.2, 0) is 14.2 Å². The number of methoxy groups -OCH3 is 1. The molecule has 38 heavy (non-hydrogen) atoms. The van der Waals surface area contributed by atoms with Gasteiger partial charge in [-0.3, -0.25) is 0 Å². The van der Waals surface area contributed by atoms with Gasteiger partial charge in [-0.05, 0) is 103 Å². The van der Waals surface area contributed by atoms with Crippen molar-refractivity contribution in [3.8, 4) is 0 Å². The van der Waals surface area contributed by atoms with Crippen LogP contribution < -0.4 is 5.32 Å². The normalized spacial score (nSPS) is 52.7. The number of hydrogen-bond donors (Lipinski definition) is 3. The van der Waals surface area contributed by atoms with E-state index in [-0.39, 0.29) is 47.5 Å². The SMILES string of the molecule is COC(CO)C[C@@H](C)C1C[C@H](O)[C@@]2(C)C3CC[C@H]4C(C)(C)C(OC5CNCCO5)CCC45CC35CCC12C. The fourth-order valence-corrected chi connectivity index (χ4v) is 12.1. The summed E-state index contributed by atoms with van der Waals surface area (Å²) in [4.78, 5) is 0. The number of rotatable bonds is 7. The maximum absolute atomic E-state index is 11.9. The van der Waals surface area contributed by atoms with Crippen molar-refractivity contribution in [2.75, 3.05) is 33.4 Å². The molecule has 6 aliphatic rings. The monoisotopic (exact) mass is 533 g/mol. The fourth-order valence-electron chi connectivity index (χ4n) is 12.1. The second-order valence-corrected chi connectivity index (χ2v) is 15.5. The quantitative estimate of drug-likeness (QED) is 0.438. The predicted molar refractivity (Wildman–Crippen MR) is 147 cm³/mol. The summed E-state index contributed by atoms with van der Waals surface area (Å²) < 4.78 is 18.2. The lowest BCUT2D eigenvalue weighted by Gasteiger charge is -2.64. The molecule has 1 aliphatic heterocycles. The van der Waals surface area contributed by atoms with Crippen LogP contribution in [0.2, 0.25) is 0 Å². The number of nitrogens with one attached hydrogen (secondary N) is 1. The number of ether oxygens (including phenoxy) is 3. The summed E-state index contributed by atoms with van der Waals surface area (Å²) in [5.74, 6) is 2.19. The molecule has 0 bridgehead atoms. The van der Waals surface area contributed by atoms with E-state index < -0.39 is 0 Å². The van der Waals surface area contributed by atoms with Gasteiger partial charge in [-0.2, -0.15) is 0 Å². The molecule has 0 aromatic heterocycles. The minimum Gasteiger partial charge on any atom is -0.394 e. The van der Waals surface area contributed by atoms with Crippen molar-refractivity contribution in [2.24, 2.45) is 50.7 Å². The van der Waals surface area contributed by atoms with Gasteiger partial charge in [0.15, 0.2) is 6.29 Å². The van der Waals surface area contributed by atoms with Gasteiger partial charge < -0.3 is 29.7 Å². The van der Waals surface area contributed by atoms with E-state index in [0.717, 1.165) is 39.0 Å². The van der Waals surface area contributed by atoms with E-state index >= 15 is 0 Å². The Balaban J connectivity index is 1.24. The van der Waals surface area contributed by atoms with Crippen LogP contribution in [0.5, 0.6) is 0 Å². The summed E-state index contributed by atoms with van der Waals surface area (Å²) in [6.07, 6.45) is 10.4. The molecule has 5 saturated carbocycles. The first-order chi connectivity index (χ1) is 18.0. The Morgan fingerprint density at radius 1 is 1.03 bits per heavy atom. The van der Waals surface area contributed by atoms with Crippen LogP contribution in [0.4, 0.5) is 0 Å². The Hall–Kier alpha value is -0.240. The van der Waals surface area contributed by atoms with Crippen molar-refractivity contribution < 1.29 is 24.4 Å². The number of morpholine rings is 1. The third-order valence-corrected chi connectivity index (χ3v) is 14.3. The summed E-state index contributed by atoms with van der Waals surface area (Å²) in [6, 6.07) is 0. The Labute approximate surface area is 230 Å². The summed E-state index contributed by atoms with van der Waals surface area (Å²) in [6.45, 7) is 14.8. The van der Waals surface area contributed by atoms with Gasteiger partial charge in [-0.25, -0.2) is 0 Å². The van der Waals surface area contributed by atoms with Crippen LogP contribution in [-0.4, -0.2) is 68.2 Å². The first-order valence-electron chi connectivity index (χ1n) is 15.8. The highest BCUT2D eigenvalue weighted by molar-refractivity contribution is 5.31. The van der Waals surface area contributed by atoms with Crippen molar-refractivity contribution in [3.63, 3.8) is 0 Å². The molecule has 8 unspecified atom stereocenters. The van der Waals surface area contributed by atoms with Gasteiger partial charge in [0.05, 0.1) is 31.5 Å². The fraction of sp³-hybridized carbons (Fsp3) is 1.00. The molecule has 0 amide bonds. The van der Waals surface area contributed by atoms with Crippen molar-refractivity contribution in [1.82, 2.24) is 5.32 Å². The van der Waals surface area contributed by atoms with E-state index in [9.17, 15) is 10.2 Å². The lowest BCUT2D eigenvalue weighted by atomic mass is 9.41. The Morgan fingerprint density at radius 2 is 1.76 bits per heavy atom. The second-order valence-electron chi connectivity index (χ2n) is 15.5. The molecule has 6 fully saturated rings. The first kappa shape index (κ1) is 27.9. The van der Waals surface area contributed by atoms with Gasteiger partial charge in [0, 0.05) is 25.6 Å². The van der Waals surface area contributed by atoms with Crippen molar-refractivity contribution in [2.45, 2.75) is 117 Å². The lowest BCUT2D eigenvalue weighted by molar-refractivity contribution is -0.237. The molecule has 6 heteroatoms.